The van der Waals surface area contributed by atoms with Crippen LogP contribution in [0.5, 0.6) is 0 Å². The predicted octanol–water partition coefficient (Wildman–Crippen LogP) is 3.08. The summed E-state index contributed by atoms with van der Waals surface area (Å²) in [6.45, 7) is -0.284. The molecule has 2 aromatic rings. The highest BCUT2D eigenvalue weighted by molar-refractivity contribution is 6.30. The van der Waals surface area contributed by atoms with Crippen molar-refractivity contribution in [3.05, 3.63) is 64.4 Å². The van der Waals surface area contributed by atoms with Crippen LogP contribution in [0.4, 0.5) is 10.1 Å². The number of carbonyl (C=O) groups excluding carboxylic acids is 1. The summed E-state index contributed by atoms with van der Waals surface area (Å²) in [6, 6.07) is 10.6. The van der Waals surface area contributed by atoms with Gasteiger partial charge in [0.05, 0.1) is 11.3 Å². The fourth-order valence-electron chi connectivity index (χ4n) is 1.70. The summed E-state index contributed by atoms with van der Waals surface area (Å²) in [6.07, 6.45) is 0. The van der Waals surface area contributed by atoms with Crippen molar-refractivity contribution in [2.75, 3.05) is 11.9 Å². The lowest BCUT2D eigenvalue weighted by Crippen LogP contribution is -2.14. The number of amides is 1. The van der Waals surface area contributed by atoms with E-state index in [1.165, 1.54) is 12.1 Å². The lowest BCUT2D eigenvalue weighted by atomic mass is 10.1. The number of hydrogen-bond acceptors (Lipinski definition) is 2. The molecule has 0 radical (unpaired) electrons. The van der Waals surface area contributed by atoms with E-state index in [-0.39, 0.29) is 17.2 Å². The Hall–Kier alpha value is -2.35. The summed E-state index contributed by atoms with van der Waals surface area (Å²) < 4.78 is 13.7. The van der Waals surface area contributed by atoms with Crippen molar-refractivity contribution in [2.45, 2.75) is 0 Å². The Labute approximate surface area is 126 Å². The van der Waals surface area contributed by atoms with Crippen LogP contribution < -0.4 is 5.32 Å². The molecule has 0 aliphatic heterocycles. The molecule has 0 aliphatic carbocycles. The molecule has 0 atom stereocenters. The van der Waals surface area contributed by atoms with Gasteiger partial charge in [0.1, 0.15) is 12.4 Å². The van der Waals surface area contributed by atoms with Gasteiger partial charge in [-0.25, -0.2) is 4.39 Å². The molecule has 0 bridgehead atoms. The summed E-state index contributed by atoms with van der Waals surface area (Å²) in [5, 5.41) is 11.5. The first-order chi connectivity index (χ1) is 10.1. The molecule has 21 heavy (non-hydrogen) atoms. The minimum atomic E-state index is -0.695. The molecule has 0 heterocycles. The van der Waals surface area contributed by atoms with Gasteiger partial charge in [-0.05, 0) is 30.3 Å². The van der Waals surface area contributed by atoms with Crippen LogP contribution in [0.15, 0.2) is 42.5 Å². The molecule has 106 valence electrons. The smallest absolute Gasteiger partial charge is 0.258 e. The highest BCUT2D eigenvalue weighted by Gasteiger charge is 2.13. The number of hydrogen-bond donors (Lipinski definition) is 2. The highest BCUT2D eigenvalue weighted by Crippen LogP contribution is 2.18. The van der Waals surface area contributed by atoms with Crippen LogP contribution in [-0.2, 0) is 0 Å². The van der Waals surface area contributed by atoms with Gasteiger partial charge in [-0.15, -0.1) is 0 Å². The first-order valence-electron chi connectivity index (χ1n) is 6.07. The second-order valence-corrected chi connectivity index (χ2v) is 4.52. The van der Waals surface area contributed by atoms with Crippen molar-refractivity contribution in [3.63, 3.8) is 0 Å². The molecule has 0 spiro atoms. The van der Waals surface area contributed by atoms with Crippen molar-refractivity contribution in [3.8, 4) is 11.8 Å². The van der Waals surface area contributed by atoms with Crippen molar-refractivity contribution in [1.82, 2.24) is 0 Å². The van der Waals surface area contributed by atoms with Gasteiger partial charge in [0.25, 0.3) is 5.91 Å². The Kier molecular flexibility index (Phi) is 4.94. The molecule has 0 aromatic heterocycles. The topological polar surface area (TPSA) is 49.3 Å². The molecule has 5 heteroatoms. The maximum Gasteiger partial charge on any atom is 0.258 e. The van der Waals surface area contributed by atoms with Crippen molar-refractivity contribution in [2.24, 2.45) is 0 Å². The number of rotatable bonds is 2. The average Bonchev–Trinajstić information content (AvgIpc) is 2.46. The van der Waals surface area contributed by atoms with E-state index in [0.717, 1.165) is 6.07 Å². The second kappa shape index (κ2) is 6.89. The van der Waals surface area contributed by atoms with E-state index in [4.69, 9.17) is 16.7 Å². The maximum absolute atomic E-state index is 13.7. The Bertz CT molecular complexity index is 735. The van der Waals surface area contributed by atoms with Crippen molar-refractivity contribution in [1.29, 1.82) is 0 Å². The summed E-state index contributed by atoms with van der Waals surface area (Å²) in [7, 11) is 0. The van der Waals surface area contributed by atoms with Crippen LogP contribution in [-0.4, -0.2) is 17.6 Å². The number of aliphatic hydroxyl groups is 1. The average molecular weight is 304 g/mol. The number of para-hydroxylation sites is 1. The van der Waals surface area contributed by atoms with Gasteiger partial charge in [-0.3, -0.25) is 4.79 Å². The van der Waals surface area contributed by atoms with Crippen LogP contribution in [0.25, 0.3) is 0 Å². The molecule has 3 nitrogen and oxygen atoms in total. The number of anilines is 1. The largest absolute Gasteiger partial charge is 0.384 e. The summed E-state index contributed by atoms with van der Waals surface area (Å²) in [4.78, 5) is 12.1. The van der Waals surface area contributed by atoms with Gasteiger partial charge >= 0.3 is 0 Å². The van der Waals surface area contributed by atoms with E-state index in [1.807, 2.05) is 0 Å². The summed E-state index contributed by atoms with van der Waals surface area (Å²) >= 11 is 5.65. The molecule has 0 fully saturated rings. The van der Waals surface area contributed by atoms with E-state index in [9.17, 15) is 9.18 Å². The summed E-state index contributed by atoms with van der Waals surface area (Å²) in [5.41, 5.74) is 0.872. The van der Waals surface area contributed by atoms with Gasteiger partial charge in [0.2, 0.25) is 0 Å². The van der Waals surface area contributed by atoms with Crippen LogP contribution in [0.3, 0.4) is 0 Å². The maximum atomic E-state index is 13.7. The molecule has 0 unspecified atom stereocenters. The van der Waals surface area contributed by atoms with Crippen LogP contribution in [0.1, 0.15) is 15.9 Å². The second-order valence-electron chi connectivity index (χ2n) is 4.08. The molecule has 2 N–H and O–H groups in total. The van der Waals surface area contributed by atoms with Crippen LogP contribution in [0, 0.1) is 17.7 Å². The van der Waals surface area contributed by atoms with E-state index >= 15 is 0 Å². The molecule has 2 aromatic carbocycles. The van der Waals surface area contributed by atoms with Crippen LogP contribution in [0.2, 0.25) is 5.02 Å². The quantitative estimate of drug-likeness (QED) is 0.838. The first kappa shape index (κ1) is 15.0. The molecule has 0 saturated carbocycles. The van der Waals surface area contributed by atoms with Crippen molar-refractivity contribution < 1.29 is 14.3 Å². The molecular formula is C16H11ClFNO2. The number of halogens is 2. The zero-order chi connectivity index (χ0) is 15.2. The van der Waals surface area contributed by atoms with E-state index in [0.29, 0.717) is 11.3 Å². The minimum absolute atomic E-state index is 0.107. The van der Waals surface area contributed by atoms with Gasteiger partial charge in [0, 0.05) is 10.6 Å². The first-order valence-corrected chi connectivity index (χ1v) is 6.45. The Morgan fingerprint density at radius 2 is 2.05 bits per heavy atom. The molecule has 1 amide bonds. The number of aliphatic hydroxyl groups excluding tert-OH is 1. The minimum Gasteiger partial charge on any atom is -0.384 e. The van der Waals surface area contributed by atoms with E-state index < -0.39 is 11.7 Å². The molecule has 0 saturated heterocycles. The Morgan fingerprint density at radius 3 is 2.76 bits per heavy atom. The number of carbonyl (C=O) groups is 1. The van der Waals surface area contributed by atoms with Gasteiger partial charge < -0.3 is 10.4 Å². The van der Waals surface area contributed by atoms with Gasteiger partial charge in [-0.1, -0.05) is 35.6 Å². The third-order valence-corrected chi connectivity index (χ3v) is 2.89. The fourth-order valence-corrected chi connectivity index (χ4v) is 1.86. The van der Waals surface area contributed by atoms with Crippen molar-refractivity contribution >= 4 is 23.2 Å². The Morgan fingerprint density at radius 1 is 1.29 bits per heavy atom. The molecule has 2 rings (SSSR count). The SMILES string of the molecule is O=C(Nc1ccccc1C#CCO)c1ccc(Cl)cc1F. The standard InChI is InChI=1S/C16H11ClFNO2/c17-12-7-8-13(14(18)10-12)16(21)19-15-6-2-1-4-11(15)5-3-9-20/h1-2,4,6-8,10,20H,9H2,(H,19,21). The summed E-state index contributed by atoms with van der Waals surface area (Å²) in [5.74, 6) is 3.92. The third kappa shape index (κ3) is 3.82. The van der Waals surface area contributed by atoms with E-state index in [1.54, 1.807) is 24.3 Å². The molecule has 0 aliphatic rings. The zero-order valence-corrected chi connectivity index (χ0v) is 11.6. The Balaban J connectivity index is 2.27. The van der Waals surface area contributed by atoms with Crippen LogP contribution >= 0.6 is 11.6 Å². The lowest BCUT2D eigenvalue weighted by Gasteiger charge is -2.08. The van der Waals surface area contributed by atoms with E-state index in [2.05, 4.69) is 17.2 Å². The number of benzene rings is 2. The zero-order valence-electron chi connectivity index (χ0n) is 10.9. The monoisotopic (exact) mass is 303 g/mol. The fraction of sp³-hybridized carbons (Fsp3) is 0.0625. The lowest BCUT2D eigenvalue weighted by molar-refractivity contribution is 0.102. The highest BCUT2D eigenvalue weighted by atomic mass is 35.5. The normalized spacial score (nSPS) is 9.67. The predicted molar refractivity (Wildman–Crippen MR) is 79.8 cm³/mol. The third-order valence-electron chi connectivity index (χ3n) is 2.65. The van der Waals surface area contributed by atoms with Gasteiger partial charge in [-0.2, -0.15) is 0 Å². The van der Waals surface area contributed by atoms with Gasteiger partial charge in [0.15, 0.2) is 0 Å². The molecular weight excluding hydrogens is 293 g/mol. The number of nitrogens with one attached hydrogen (secondary N) is 1.